The van der Waals surface area contributed by atoms with Gasteiger partial charge in [-0.3, -0.25) is 52.9 Å². The number of aliphatic carboxylic acids is 2. The lowest BCUT2D eigenvalue weighted by atomic mass is 9.54. The van der Waals surface area contributed by atoms with E-state index in [-0.39, 0.29) is 98.7 Å². The molecule has 31 nitrogen and oxygen atoms in total. The van der Waals surface area contributed by atoms with Crippen molar-refractivity contribution in [3.05, 3.63) is 82.3 Å². The number of hydrogen-bond donors (Lipinski definition) is 12. The number of guanidine groups is 1. The number of methoxy groups -OCH3 is 1. The average molecular weight is 1330 g/mol. The minimum atomic E-state index is -1.49. The van der Waals surface area contributed by atoms with E-state index in [0.717, 1.165) is 0 Å². The first-order chi connectivity index (χ1) is 44.9. The normalized spacial score (nSPS) is 23.1. The first-order valence-electron chi connectivity index (χ1n) is 31.5. The standard InChI is InChI=1S/C41H62N12O11.C23H24O8/c1-5-22(4)33(38(61)50-29(17-24-19-45-20-47-24)39(62)53-15-7-9-30(53)40(63)64)52-36(59)28(16-23-10-12-25(54)13-11-23)49-37(60)32(21(2)3)51-35(58)27(8-6-14-46-41(43)44)48-34(57)26(42)18-31(55)56;1-10(24)30-13-7-22(2)12(5-6-14(22)25)16-18(13)23(3)15(9-28-4)31-21(27)11-8-29-20(17(11)23)19(16)26/h10-13,19-22,26-30,32-33,54H,5-9,14-18,42H2,1-4H3,(H,45,47)(H,48,57)(H,49,60)(H,50,61)(H,51,58)(H,52,59)(H,55,56)(H,63,64)(H4,43,44,46);8,12-13,15H,5-7,9H2,1-4H3/t22-,26-,27-,28-,29-,30-,32-,33-;12-,13+,15+,22-,23-/m00/s1. The van der Waals surface area contributed by atoms with Gasteiger partial charge in [0.25, 0.3) is 0 Å². The molecule has 0 bridgehead atoms. The van der Waals surface area contributed by atoms with Crippen LogP contribution in [0.2, 0.25) is 0 Å². The van der Waals surface area contributed by atoms with Gasteiger partial charge in [-0.05, 0) is 74.1 Å². The molecule has 2 aliphatic heterocycles. The van der Waals surface area contributed by atoms with Crippen molar-refractivity contribution in [2.24, 2.45) is 45.4 Å². The lowest BCUT2D eigenvalue weighted by Gasteiger charge is -2.51. The van der Waals surface area contributed by atoms with Gasteiger partial charge in [0, 0.05) is 87.2 Å². The number of cyclic esters (lactones) is 1. The molecule has 1 saturated carbocycles. The van der Waals surface area contributed by atoms with Gasteiger partial charge in [0.2, 0.25) is 41.2 Å². The number of carboxylic acid groups (broad SMARTS) is 2. The average Bonchev–Trinajstić information content (AvgIpc) is 1.64. The number of Topliss-reactive ketones (excluding diaryl/α,β-unsaturated/α-hetero) is 2. The number of benzene rings is 1. The number of rotatable bonds is 28. The van der Waals surface area contributed by atoms with Crippen molar-refractivity contribution in [2.75, 3.05) is 26.8 Å². The van der Waals surface area contributed by atoms with Gasteiger partial charge < -0.3 is 87.6 Å². The fourth-order valence-corrected chi connectivity index (χ4v) is 13.3. The maximum absolute atomic E-state index is 14.3. The number of hydrogen-bond acceptors (Lipinski definition) is 20. The van der Waals surface area contributed by atoms with Crippen molar-refractivity contribution >= 4 is 76.8 Å². The van der Waals surface area contributed by atoms with Crippen LogP contribution in [-0.2, 0) is 80.4 Å². The van der Waals surface area contributed by atoms with Crippen molar-refractivity contribution in [1.82, 2.24) is 41.5 Å². The van der Waals surface area contributed by atoms with Gasteiger partial charge in [-0.25, -0.2) is 14.6 Å². The summed E-state index contributed by atoms with van der Waals surface area (Å²) in [5.41, 5.74) is 17.5. The number of carbonyl (C=O) groups excluding carboxylic acids is 10. The number of carboxylic acids is 2. The molecule has 2 aromatic heterocycles. The van der Waals surface area contributed by atoms with Gasteiger partial charge in [0.05, 0.1) is 30.8 Å². The number of esters is 2. The van der Waals surface area contributed by atoms with E-state index in [2.05, 4.69) is 41.5 Å². The highest BCUT2D eigenvalue weighted by Crippen LogP contribution is 2.61. The Bertz CT molecular complexity index is 3470. The third-order valence-corrected chi connectivity index (χ3v) is 18.5. The number of nitrogens with two attached hydrogens (primary N) is 3. The molecule has 13 atom stereocenters. The number of aromatic amines is 1. The minimum Gasteiger partial charge on any atom is -0.508 e. The van der Waals surface area contributed by atoms with Crippen molar-refractivity contribution in [2.45, 2.75) is 179 Å². The number of nitrogens with one attached hydrogen (secondary N) is 6. The summed E-state index contributed by atoms with van der Waals surface area (Å²) in [4.78, 5) is 169. The Morgan fingerprint density at radius 2 is 1.53 bits per heavy atom. The molecular weight excluding hydrogens is 1240 g/mol. The van der Waals surface area contributed by atoms with Gasteiger partial charge in [0.15, 0.2) is 11.7 Å². The number of nitrogens with zero attached hydrogens (tertiary/aromatic N) is 3. The molecule has 15 N–H and O–H groups in total. The minimum absolute atomic E-state index is 0.0436. The predicted molar refractivity (Wildman–Crippen MR) is 335 cm³/mol. The summed E-state index contributed by atoms with van der Waals surface area (Å²) < 4.78 is 22.4. The zero-order valence-electron chi connectivity index (χ0n) is 54.3. The molecule has 0 spiro atoms. The largest absolute Gasteiger partial charge is 0.508 e. The molecule has 3 aromatic rings. The summed E-state index contributed by atoms with van der Waals surface area (Å²) in [6.45, 7) is 12.1. The van der Waals surface area contributed by atoms with Gasteiger partial charge in [0.1, 0.15) is 71.8 Å². The van der Waals surface area contributed by atoms with Gasteiger partial charge in [-0.15, -0.1) is 0 Å². The molecule has 6 amide bonds. The Morgan fingerprint density at radius 1 is 0.874 bits per heavy atom. The second-order valence-electron chi connectivity index (χ2n) is 25.4. The number of fused-ring (bicyclic) bond motifs is 3. The predicted octanol–water partition coefficient (Wildman–Crippen LogP) is 0.494. The fraction of sp³-hybridized carbons (Fsp3) is 0.562. The highest BCUT2D eigenvalue weighted by Gasteiger charge is 2.64. The maximum Gasteiger partial charge on any atom is 0.342 e. The lowest BCUT2D eigenvalue weighted by molar-refractivity contribution is -0.149. The number of likely N-dealkylation sites (tertiary alicyclic amines) is 1. The Labute approximate surface area is 547 Å². The summed E-state index contributed by atoms with van der Waals surface area (Å²) in [6, 6.07) is -3.26. The maximum atomic E-state index is 14.3. The van der Waals surface area contributed by atoms with Gasteiger partial charge >= 0.3 is 23.9 Å². The lowest BCUT2D eigenvalue weighted by Crippen LogP contribution is -2.62. The van der Waals surface area contributed by atoms with Crippen LogP contribution in [0.5, 0.6) is 5.75 Å². The Hall–Kier alpha value is -9.52. The molecule has 0 unspecified atom stereocenters. The number of allylic oxidation sites excluding steroid dienone is 1. The van der Waals surface area contributed by atoms with E-state index >= 15 is 0 Å². The fourth-order valence-electron chi connectivity index (χ4n) is 13.3. The van der Waals surface area contributed by atoms with Gasteiger partial charge in [-0.2, -0.15) is 0 Å². The number of furan rings is 1. The van der Waals surface area contributed by atoms with E-state index in [0.29, 0.717) is 53.7 Å². The number of imidazole rings is 1. The number of phenolic OH excluding ortho intramolecular Hbond substituents is 1. The number of amides is 6. The molecule has 8 rings (SSSR count). The summed E-state index contributed by atoms with van der Waals surface area (Å²) >= 11 is 0. The van der Waals surface area contributed by atoms with Crippen LogP contribution in [0.15, 0.2) is 63.6 Å². The Morgan fingerprint density at radius 3 is 2.14 bits per heavy atom. The number of aromatic hydroxyl groups is 1. The quantitative estimate of drug-likeness (QED) is 0.0204. The SMILES string of the molecule is CC[C@H](C)[C@H](NC(=O)[C@H](Cc1ccc(O)cc1)NC(=O)[C@@H](NC(=O)[C@H](CCCN=C(N)N)NC(=O)[C@@H](N)CC(=O)O)C(C)C)C(=O)N[C@@H](Cc1cnc[nH]1)C(=O)N1CCC[C@H]1C(=O)O.COC[C@H]1OC(=O)c2coc3c2[C@@]1(C)C1=C(C3=O)[C@@H]2CCC(=O)[C@@]2(C)C[C@H]1OC(C)=O. The van der Waals surface area contributed by atoms with Crippen LogP contribution in [0.1, 0.15) is 144 Å². The van der Waals surface area contributed by atoms with Crippen LogP contribution in [0.4, 0.5) is 0 Å². The second kappa shape index (κ2) is 31.1. The molecule has 3 aliphatic carbocycles. The number of phenols is 1. The summed E-state index contributed by atoms with van der Waals surface area (Å²) in [6.07, 6.45) is 4.05. The van der Waals surface area contributed by atoms with Crippen LogP contribution < -0.4 is 43.8 Å². The third kappa shape index (κ3) is 16.5. The summed E-state index contributed by atoms with van der Waals surface area (Å²) in [5, 5.41) is 42.0. The van der Waals surface area contributed by atoms with E-state index in [1.165, 1.54) is 62.0 Å². The highest BCUT2D eigenvalue weighted by atomic mass is 16.6. The first kappa shape index (κ1) is 72.9. The van der Waals surface area contributed by atoms with E-state index in [9.17, 15) is 67.7 Å². The van der Waals surface area contributed by atoms with E-state index < -0.39 is 143 Å². The molecule has 4 heterocycles. The van der Waals surface area contributed by atoms with Crippen molar-refractivity contribution in [3.63, 3.8) is 0 Å². The Kier molecular flexibility index (Phi) is 23.9. The van der Waals surface area contributed by atoms with Crippen molar-refractivity contribution in [1.29, 1.82) is 0 Å². The van der Waals surface area contributed by atoms with Crippen molar-refractivity contribution < 1.29 is 91.5 Å². The second-order valence-corrected chi connectivity index (χ2v) is 25.4. The molecule has 5 aliphatic rings. The third-order valence-electron chi connectivity index (χ3n) is 18.5. The van der Waals surface area contributed by atoms with Crippen LogP contribution >= 0.6 is 0 Å². The zero-order valence-corrected chi connectivity index (χ0v) is 54.3. The molecule has 0 radical (unpaired) electrons. The summed E-state index contributed by atoms with van der Waals surface area (Å²) in [5.74, 6) is -10.2. The summed E-state index contributed by atoms with van der Waals surface area (Å²) in [7, 11) is 1.50. The van der Waals surface area contributed by atoms with Crippen LogP contribution in [0, 0.1) is 23.2 Å². The topological polar surface area (TPSA) is 489 Å². The molecule has 1 aromatic carbocycles. The van der Waals surface area contributed by atoms with E-state index in [1.54, 1.807) is 27.7 Å². The molecule has 1 saturated heterocycles. The number of aliphatic imine (C=N–C) groups is 1. The monoisotopic (exact) mass is 1330 g/mol. The molecular formula is C64H86N12O19. The van der Waals surface area contributed by atoms with Crippen LogP contribution in [-0.4, -0.2) is 188 Å². The van der Waals surface area contributed by atoms with Crippen molar-refractivity contribution in [3.8, 4) is 5.75 Å². The van der Waals surface area contributed by atoms with E-state index in [1.807, 2.05) is 13.8 Å². The molecule has 31 heteroatoms. The molecule has 2 fully saturated rings. The van der Waals surface area contributed by atoms with Crippen LogP contribution in [0.3, 0.4) is 0 Å². The number of ketones is 2. The molecule has 95 heavy (non-hydrogen) atoms. The number of aromatic nitrogens is 2. The highest BCUT2D eigenvalue weighted by molar-refractivity contribution is 6.14. The number of carbonyl (C=O) groups is 12. The number of ether oxygens (including phenoxy) is 3. The number of H-pyrrole nitrogens is 1. The zero-order chi connectivity index (χ0) is 70.0. The first-order valence-corrected chi connectivity index (χ1v) is 31.5. The van der Waals surface area contributed by atoms with Gasteiger partial charge in [-0.1, -0.05) is 53.2 Å². The van der Waals surface area contributed by atoms with E-state index in [4.69, 9.17) is 40.9 Å². The van der Waals surface area contributed by atoms with Crippen LogP contribution in [0.25, 0.3) is 0 Å². The smallest absolute Gasteiger partial charge is 0.342 e. The Balaban J connectivity index is 0.000000338. The molecule has 516 valence electrons.